The molecule has 4 aromatic heterocycles. The Morgan fingerprint density at radius 2 is 1.93 bits per heavy atom. The number of hydrogen-bond donors (Lipinski definition) is 2. The Bertz CT molecular complexity index is 1260. The number of nitrogens with zero attached hydrogens (tertiary/aromatic N) is 4. The van der Waals surface area contributed by atoms with Gasteiger partial charge in [0.05, 0.1) is 17.1 Å². The number of carbonyl (C=O) groups is 2. The molecule has 5 heterocycles. The molecule has 2 N–H and O–H groups in total. The van der Waals surface area contributed by atoms with Gasteiger partial charge in [-0.1, -0.05) is 0 Å². The fourth-order valence-electron chi connectivity index (χ4n) is 3.32. The summed E-state index contributed by atoms with van der Waals surface area (Å²) in [5, 5.41) is 13.5. The standard InChI is InChI=1S/C19H11N5O3S/c25-18-23-12-10-28(19(26)27)17-15(12)13(5-8-22-17)24(18)14-4-2-7-21-16(14)11-3-1-6-20-9-11/h1-10H,(H-,23,25,26,27)/p+1. The van der Waals surface area contributed by atoms with E-state index in [0.717, 1.165) is 5.56 Å². The van der Waals surface area contributed by atoms with Crippen molar-refractivity contribution in [3.63, 3.8) is 0 Å². The highest BCUT2D eigenvalue weighted by Gasteiger charge is 2.37. The first-order valence-corrected chi connectivity index (χ1v) is 9.57. The SMILES string of the molecule is O=C1Nc2c[s+](C(=O)O)c3nccc(c23)N1c1cccnc1-c1cccnc1. The second-order valence-corrected chi connectivity index (χ2v) is 7.67. The van der Waals surface area contributed by atoms with Gasteiger partial charge in [0.2, 0.25) is 0 Å². The predicted octanol–water partition coefficient (Wildman–Crippen LogP) is 4.65. The summed E-state index contributed by atoms with van der Waals surface area (Å²) in [6.45, 7) is 0. The first-order chi connectivity index (χ1) is 13.6. The molecule has 0 fully saturated rings. The zero-order valence-electron chi connectivity index (χ0n) is 14.2. The number of anilines is 3. The number of aromatic nitrogens is 3. The molecule has 1 aliphatic rings. The molecule has 1 aliphatic heterocycles. The Morgan fingerprint density at radius 3 is 2.71 bits per heavy atom. The van der Waals surface area contributed by atoms with E-state index in [0.29, 0.717) is 33.0 Å². The van der Waals surface area contributed by atoms with E-state index in [2.05, 4.69) is 20.3 Å². The van der Waals surface area contributed by atoms with Crippen LogP contribution in [0, 0.1) is 0 Å². The molecule has 5 rings (SSSR count). The van der Waals surface area contributed by atoms with Gasteiger partial charge in [0.25, 0.3) is 4.83 Å². The number of amides is 2. The van der Waals surface area contributed by atoms with E-state index >= 15 is 0 Å². The van der Waals surface area contributed by atoms with Crippen LogP contribution in [0.4, 0.5) is 26.7 Å². The molecule has 0 bridgehead atoms. The van der Waals surface area contributed by atoms with Crippen LogP contribution in [-0.2, 0) is 0 Å². The summed E-state index contributed by atoms with van der Waals surface area (Å²) in [5.74, 6) is 0. The van der Waals surface area contributed by atoms with Crippen LogP contribution in [0.5, 0.6) is 0 Å². The van der Waals surface area contributed by atoms with Crippen molar-refractivity contribution in [2.75, 3.05) is 10.2 Å². The van der Waals surface area contributed by atoms with Crippen LogP contribution in [0.15, 0.2) is 60.5 Å². The molecule has 9 heteroatoms. The lowest BCUT2D eigenvalue weighted by Crippen LogP contribution is -2.34. The molecule has 2 amide bonds. The maximum atomic E-state index is 13.0. The second-order valence-electron chi connectivity index (χ2n) is 6.02. The predicted molar refractivity (Wildman–Crippen MR) is 106 cm³/mol. The highest BCUT2D eigenvalue weighted by molar-refractivity contribution is 7.54. The van der Waals surface area contributed by atoms with Crippen LogP contribution in [0.2, 0.25) is 0 Å². The third kappa shape index (κ3) is 2.33. The Hall–Kier alpha value is -3.85. The third-order valence-electron chi connectivity index (χ3n) is 4.44. The van der Waals surface area contributed by atoms with Crippen LogP contribution < -0.4 is 10.2 Å². The van der Waals surface area contributed by atoms with Gasteiger partial charge in [-0.3, -0.25) is 14.9 Å². The molecule has 0 spiro atoms. The average molecular weight is 390 g/mol. The molecular weight excluding hydrogens is 378 g/mol. The summed E-state index contributed by atoms with van der Waals surface area (Å²) in [5.41, 5.74) is 3.00. The molecule has 1 unspecified atom stereocenters. The molecule has 0 aliphatic carbocycles. The van der Waals surface area contributed by atoms with Crippen molar-refractivity contribution < 1.29 is 14.7 Å². The highest BCUT2D eigenvalue weighted by Crippen LogP contribution is 2.47. The van der Waals surface area contributed by atoms with Gasteiger partial charge < -0.3 is 10.4 Å². The second kappa shape index (κ2) is 6.10. The molecule has 8 nitrogen and oxygen atoms in total. The molecular formula is C19H12N5O3S+. The topological polar surface area (TPSA) is 108 Å². The quantitative estimate of drug-likeness (QED) is 0.493. The van der Waals surface area contributed by atoms with Crippen molar-refractivity contribution in [2.24, 2.45) is 0 Å². The van der Waals surface area contributed by atoms with Gasteiger partial charge >= 0.3 is 11.3 Å². The maximum Gasteiger partial charge on any atom is 0.554 e. The van der Waals surface area contributed by atoms with Crippen LogP contribution in [0.1, 0.15) is 0 Å². The van der Waals surface area contributed by atoms with E-state index < -0.39 is 15.8 Å². The normalized spacial score (nSPS) is 13.5. The smallest absolute Gasteiger partial charge is 0.437 e. The zero-order chi connectivity index (χ0) is 19.3. The summed E-state index contributed by atoms with van der Waals surface area (Å²) < 4.78 is 0. The maximum absolute atomic E-state index is 13.0. The number of pyridine rings is 3. The van der Waals surface area contributed by atoms with Crippen LogP contribution >= 0.6 is 10.5 Å². The zero-order valence-corrected chi connectivity index (χ0v) is 15.1. The van der Waals surface area contributed by atoms with Crippen molar-refractivity contribution in [3.05, 3.63) is 60.5 Å². The Balaban J connectivity index is 1.77. The van der Waals surface area contributed by atoms with Crippen molar-refractivity contribution >= 4 is 49.1 Å². The number of urea groups is 1. The van der Waals surface area contributed by atoms with Crippen molar-refractivity contribution in [3.8, 4) is 11.3 Å². The Morgan fingerprint density at radius 1 is 1.07 bits per heavy atom. The fourth-order valence-corrected chi connectivity index (χ4v) is 4.72. The van der Waals surface area contributed by atoms with Gasteiger partial charge in [-0.2, -0.15) is 4.79 Å². The lowest BCUT2D eigenvalue weighted by atomic mass is 10.1. The minimum atomic E-state index is -1.21. The van der Waals surface area contributed by atoms with Crippen LogP contribution in [-0.4, -0.2) is 31.4 Å². The van der Waals surface area contributed by atoms with Gasteiger partial charge in [-0.15, -0.1) is 0 Å². The van der Waals surface area contributed by atoms with Crippen molar-refractivity contribution in [1.29, 1.82) is 0 Å². The average Bonchev–Trinajstić information content (AvgIpc) is 3.09. The van der Waals surface area contributed by atoms with Gasteiger partial charge in [0.1, 0.15) is 21.5 Å². The van der Waals surface area contributed by atoms with E-state index in [1.807, 2.05) is 6.07 Å². The number of rotatable bonds is 3. The van der Waals surface area contributed by atoms with Gasteiger partial charge in [-0.25, -0.2) is 9.78 Å². The number of carbonyl (C=O) groups excluding carboxylic acids is 1. The lowest BCUT2D eigenvalue weighted by Gasteiger charge is -2.28. The van der Waals surface area contributed by atoms with Crippen LogP contribution in [0.3, 0.4) is 0 Å². The number of nitrogens with one attached hydrogen (secondary N) is 1. The van der Waals surface area contributed by atoms with Crippen molar-refractivity contribution in [1.82, 2.24) is 15.0 Å². The lowest BCUT2D eigenvalue weighted by molar-refractivity contribution is 0.221. The molecule has 0 saturated carbocycles. The molecule has 4 aromatic rings. The Kier molecular flexibility index (Phi) is 3.56. The first-order valence-electron chi connectivity index (χ1n) is 8.29. The van der Waals surface area contributed by atoms with E-state index in [1.165, 1.54) is 11.1 Å². The molecule has 0 aromatic carbocycles. The molecule has 28 heavy (non-hydrogen) atoms. The highest BCUT2D eigenvalue weighted by atomic mass is 32.2. The fraction of sp³-hybridized carbons (Fsp3) is 0. The third-order valence-corrected chi connectivity index (χ3v) is 6.02. The summed E-state index contributed by atoms with van der Waals surface area (Å²) in [4.78, 5) is 39.4. The van der Waals surface area contributed by atoms with Gasteiger partial charge in [-0.05, 0) is 30.3 Å². The van der Waals surface area contributed by atoms with Gasteiger partial charge in [0, 0.05) is 30.4 Å². The summed E-state index contributed by atoms with van der Waals surface area (Å²) in [6, 6.07) is 8.53. The van der Waals surface area contributed by atoms with Gasteiger partial charge in [0.15, 0.2) is 5.38 Å². The molecule has 1 atom stereocenters. The summed E-state index contributed by atoms with van der Waals surface area (Å²) in [7, 11) is -1.21. The summed E-state index contributed by atoms with van der Waals surface area (Å²) >= 11 is 0. The number of thiophene rings is 1. The van der Waals surface area contributed by atoms with E-state index in [4.69, 9.17) is 0 Å². The Labute approximate surface area is 161 Å². The minimum Gasteiger partial charge on any atom is -0.437 e. The number of hydrogen-bond acceptors (Lipinski definition) is 5. The molecule has 136 valence electrons. The van der Waals surface area contributed by atoms with E-state index in [-0.39, 0.29) is 6.03 Å². The monoisotopic (exact) mass is 390 g/mol. The van der Waals surface area contributed by atoms with Crippen LogP contribution in [0.25, 0.3) is 21.5 Å². The van der Waals surface area contributed by atoms with E-state index in [1.54, 1.807) is 48.2 Å². The van der Waals surface area contributed by atoms with Crippen molar-refractivity contribution in [2.45, 2.75) is 0 Å². The minimum absolute atomic E-state index is 0.384. The van der Waals surface area contributed by atoms with E-state index in [9.17, 15) is 14.7 Å². The molecule has 0 radical (unpaired) electrons. The summed E-state index contributed by atoms with van der Waals surface area (Å²) in [6.07, 6.45) is 6.52. The number of carboxylic acid groups (broad SMARTS) is 1. The largest absolute Gasteiger partial charge is 0.554 e. The molecule has 0 saturated heterocycles. The first kappa shape index (κ1) is 16.3.